The molecule has 2 aromatic rings. The van der Waals surface area contributed by atoms with E-state index in [4.69, 9.17) is 32.6 Å². The SMILES string of the molecule is [2H]CC(CCCOCCSSCCCN(C)Cc1c(F)cc(Oc2ccc3c(c2)CCC2C3CCC3(C)C(OCCCOC(C(F)(F)F)(C(F)(F)F)C(F)(F)F)CCC23)cc1F)COP(OCC[N+]#[C-])N(C(C)C)C(C)C.[3H]OC. The van der Waals surface area contributed by atoms with Crippen molar-refractivity contribution in [2.45, 2.75) is 161 Å². The topological polar surface area (TPSA) is 86.5 Å². The van der Waals surface area contributed by atoms with Crippen LogP contribution < -0.4 is 4.74 Å². The highest BCUT2D eigenvalue weighted by Gasteiger charge is 2.85. The molecule has 3 aliphatic rings. The molecule has 0 bridgehead atoms. The van der Waals surface area contributed by atoms with E-state index in [2.05, 4.69) is 54.0 Å². The van der Waals surface area contributed by atoms with Crippen LogP contribution in [0, 0.1) is 41.4 Å². The number of nitrogens with zero attached hydrogens (tertiary/aromatic N) is 3. The van der Waals surface area contributed by atoms with Gasteiger partial charge in [-0.2, -0.15) is 39.5 Å². The van der Waals surface area contributed by atoms with E-state index in [1.807, 2.05) is 24.1 Å². The molecule has 0 spiro atoms. The van der Waals surface area contributed by atoms with E-state index in [1.165, 1.54) is 19.2 Å². The summed E-state index contributed by atoms with van der Waals surface area (Å²) < 4.78 is 200. The number of benzene rings is 2. The summed E-state index contributed by atoms with van der Waals surface area (Å²) in [7, 11) is 5.22. The molecule has 0 heterocycles. The van der Waals surface area contributed by atoms with Gasteiger partial charge < -0.3 is 42.8 Å². The highest BCUT2D eigenvalue weighted by atomic mass is 33.1. The molecule has 78 heavy (non-hydrogen) atoms. The number of hydrogen-bond donors (Lipinski definition) is 1. The zero-order valence-electron chi connectivity index (χ0n) is 47.6. The van der Waals surface area contributed by atoms with Crippen LogP contribution in [0.15, 0.2) is 30.3 Å². The molecule has 0 aromatic heterocycles. The Bertz CT molecular complexity index is 2140. The fourth-order valence-corrected chi connectivity index (χ4v) is 14.7. The van der Waals surface area contributed by atoms with Crippen LogP contribution in [0.2, 0.25) is 0 Å². The van der Waals surface area contributed by atoms with E-state index in [-0.39, 0.29) is 85.2 Å². The van der Waals surface area contributed by atoms with Gasteiger partial charge in [0.05, 0.1) is 25.9 Å². The lowest BCUT2D eigenvalue weighted by Crippen LogP contribution is -2.67. The van der Waals surface area contributed by atoms with Crippen LogP contribution in [0.5, 0.6) is 11.5 Å². The van der Waals surface area contributed by atoms with Gasteiger partial charge in [0.15, 0.2) is 0 Å². The van der Waals surface area contributed by atoms with Gasteiger partial charge in [-0.15, -0.1) is 0 Å². The number of rotatable bonds is 31. The molecule has 2 aromatic carbocycles. The number of ether oxygens (including phenoxy) is 4. The van der Waals surface area contributed by atoms with Crippen LogP contribution in [0.4, 0.5) is 48.3 Å². The van der Waals surface area contributed by atoms with Gasteiger partial charge in [0, 0.05) is 69.5 Å². The standard InChI is InChI=1S/C53H75F11N3O6PS2.CH4O/c1-35(2)67(36(3)4)74(71-26-21-65-7)72-34-37(5)12-9-23-68-27-29-76-75-28-10-22-66(8)33-44-46(54)31-40(32-47(44)55)73-39-14-16-41-38(30-39)13-15-43-42(41)19-20-49(6)45(43)17-18-48(49)69-24-11-25-70-50(51(56,57)58,52(59,60)61)53(62,63)64;1-2/h14,16,30-32,35-37,42-43,45,48H,9-13,15,17-29,33-34H2,1-6,8H3;2H,1H3/i5D;2T. The van der Waals surface area contributed by atoms with E-state index in [9.17, 15) is 39.5 Å². The van der Waals surface area contributed by atoms with Crippen molar-refractivity contribution in [3.8, 4) is 11.5 Å². The average molecular weight is 1190 g/mol. The van der Waals surface area contributed by atoms with Crippen LogP contribution >= 0.6 is 30.1 Å². The molecule has 3 aliphatic carbocycles. The van der Waals surface area contributed by atoms with Gasteiger partial charge in [0.2, 0.25) is 7.98 Å². The molecule has 24 heteroatoms. The molecule has 1 N–H and O–H groups in total. The van der Waals surface area contributed by atoms with Crippen LogP contribution in [0.1, 0.15) is 123 Å². The summed E-state index contributed by atoms with van der Waals surface area (Å²) in [5, 5.41) is 3.50. The third kappa shape index (κ3) is 18.1. The number of aliphatic hydroxyl groups is 1. The highest BCUT2D eigenvalue weighted by molar-refractivity contribution is 8.76. The molecule has 0 amide bonds. The number of fused-ring (bicyclic) bond motifs is 5. The van der Waals surface area contributed by atoms with Crippen molar-refractivity contribution >= 4 is 30.1 Å². The van der Waals surface area contributed by atoms with Gasteiger partial charge in [0.1, 0.15) is 29.7 Å². The van der Waals surface area contributed by atoms with E-state index in [0.717, 1.165) is 61.2 Å². The lowest BCUT2D eigenvalue weighted by atomic mass is 9.55. The Balaban J connectivity index is 0.00000449. The van der Waals surface area contributed by atoms with Crippen molar-refractivity contribution in [3.63, 3.8) is 0 Å². The molecule has 5 rings (SSSR count). The Morgan fingerprint density at radius 3 is 2.15 bits per heavy atom. The summed E-state index contributed by atoms with van der Waals surface area (Å²) in [6, 6.07) is 8.46. The number of alkyl halides is 9. The second-order valence-electron chi connectivity index (χ2n) is 20.8. The number of hydrogen-bond acceptors (Lipinski definition) is 11. The molecule has 446 valence electrons. The second-order valence-corrected chi connectivity index (χ2v) is 24.9. The lowest BCUT2D eigenvalue weighted by Gasteiger charge is -2.50. The Labute approximate surface area is 465 Å². The Morgan fingerprint density at radius 1 is 0.859 bits per heavy atom. The smallest absolute Gasteiger partial charge is 0.435 e. The zero-order valence-corrected chi connectivity index (χ0v) is 48.1. The maximum Gasteiger partial charge on any atom is 0.435 e. The van der Waals surface area contributed by atoms with E-state index in [1.54, 1.807) is 27.7 Å². The maximum absolute atomic E-state index is 15.4. The number of aliphatic hydroxyl groups excluding tert-OH is 1. The predicted molar refractivity (Wildman–Crippen MR) is 284 cm³/mol. The fourth-order valence-electron chi connectivity index (χ4n) is 11.1. The zero-order chi connectivity index (χ0) is 59.5. The van der Waals surface area contributed by atoms with Crippen molar-refractivity contribution in [1.29, 1.82) is 1.43 Å². The molecular formula is C54H79F11N3O7PS2. The Morgan fingerprint density at radius 2 is 1.53 bits per heavy atom. The van der Waals surface area contributed by atoms with Gasteiger partial charge in [0.25, 0.3) is 8.53 Å². The van der Waals surface area contributed by atoms with Crippen LogP contribution in [0.25, 0.3) is 4.85 Å². The van der Waals surface area contributed by atoms with E-state index < -0.39 is 57.3 Å². The molecule has 2 fully saturated rings. The van der Waals surface area contributed by atoms with Crippen LogP contribution in [-0.4, -0.2) is 137 Å². The second kappa shape index (κ2) is 31.4. The first-order valence-corrected chi connectivity index (χ1v) is 30.0. The summed E-state index contributed by atoms with van der Waals surface area (Å²) in [5.41, 5.74) is -4.50. The monoisotopic (exact) mass is 1190 g/mol. The molecular weight excluding hydrogens is 1110 g/mol. The third-order valence-corrected chi connectivity index (χ3v) is 19.2. The lowest BCUT2D eigenvalue weighted by molar-refractivity contribution is -0.457. The summed E-state index contributed by atoms with van der Waals surface area (Å²) in [5.74, 6) is 1.41. The first-order chi connectivity index (χ1) is 37.7. The minimum absolute atomic E-state index is 0.0299. The van der Waals surface area contributed by atoms with Gasteiger partial charge in [-0.3, -0.25) is 0 Å². The first-order valence-electron chi connectivity index (χ1n) is 27.5. The molecule has 0 radical (unpaired) electrons. The van der Waals surface area contributed by atoms with Crippen molar-refractivity contribution in [2.24, 2.45) is 23.2 Å². The molecule has 0 aliphatic heterocycles. The van der Waals surface area contributed by atoms with Crippen molar-refractivity contribution < 1.29 is 82.8 Å². The van der Waals surface area contributed by atoms with Crippen molar-refractivity contribution in [1.82, 2.24) is 9.57 Å². The summed E-state index contributed by atoms with van der Waals surface area (Å²) >= 11 is 0. The number of aryl methyl sites for hydroxylation is 1. The van der Waals surface area contributed by atoms with Crippen molar-refractivity contribution in [2.75, 3.05) is 78.4 Å². The molecule has 7 atom stereocenters. The highest BCUT2D eigenvalue weighted by Crippen LogP contribution is 2.62. The molecule has 0 saturated heterocycles. The average Bonchev–Trinajstić information content (AvgIpc) is 3.71. The van der Waals surface area contributed by atoms with Crippen LogP contribution in [0.3, 0.4) is 0 Å². The molecule has 10 nitrogen and oxygen atoms in total. The molecule has 2 saturated carbocycles. The minimum Gasteiger partial charge on any atom is -0.457 e. The fraction of sp³-hybridized carbons (Fsp3) is 0.759. The molecule has 7 unspecified atom stereocenters. The van der Waals surface area contributed by atoms with Crippen molar-refractivity contribution in [3.05, 3.63) is 70.1 Å². The Hall–Kier alpha value is -2.23. The predicted octanol–water partition coefficient (Wildman–Crippen LogP) is 15.4. The quantitative estimate of drug-likeness (QED) is 0.0258. The first kappa shape index (κ1) is 64.9. The summed E-state index contributed by atoms with van der Waals surface area (Å²) in [4.78, 5) is 5.26. The number of halogens is 11. The van der Waals surface area contributed by atoms with Gasteiger partial charge >= 0.3 is 24.1 Å². The normalized spacial score (nSPS) is 21.9. The maximum atomic E-state index is 15.4. The van der Waals surface area contributed by atoms with Gasteiger partial charge in [-0.25, -0.2) is 20.0 Å². The van der Waals surface area contributed by atoms with E-state index in [0.29, 0.717) is 58.0 Å². The summed E-state index contributed by atoms with van der Waals surface area (Å²) in [6.07, 6.45) is -14.5. The van der Waals surface area contributed by atoms with Gasteiger partial charge in [-0.05, 0) is 158 Å². The van der Waals surface area contributed by atoms with Gasteiger partial charge in [-0.1, -0.05) is 41.5 Å². The van der Waals surface area contributed by atoms with Crippen LogP contribution in [-0.2, 0) is 36.2 Å². The Kier molecular flexibility index (Phi) is 26.2. The largest absolute Gasteiger partial charge is 0.457 e. The minimum atomic E-state index is -6.78. The third-order valence-electron chi connectivity index (χ3n) is 14.6. The summed E-state index contributed by atoms with van der Waals surface area (Å²) in [6.45, 7) is 18.8. The van der Waals surface area contributed by atoms with E-state index >= 15 is 8.78 Å².